The molecule has 0 saturated heterocycles. The van der Waals surface area contributed by atoms with Crippen molar-refractivity contribution in [3.05, 3.63) is 5.92 Å². The largest absolute Gasteiger partial charge is 0.345 e. The first-order valence-electron chi connectivity index (χ1n) is 8.36. The SMILES string of the molecule is C[C]1CCC(C)(C(=O)[C@@H](C)NC(=O)[C@@H](N)CC(C)C)C1(C)C. The molecule has 0 aliphatic heterocycles. The lowest BCUT2D eigenvalue weighted by molar-refractivity contribution is -0.137. The molecule has 0 spiro atoms. The van der Waals surface area contributed by atoms with Crippen LogP contribution in [0.25, 0.3) is 0 Å². The van der Waals surface area contributed by atoms with Crippen molar-refractivity contribution in [1.82, 2.24) is 5.32 Å². The van der Waals surface area contributed by atoms with Gasteiger partial charge in [-0.15, -0.1) is 0 Å². The molecular weight excluding hydrogens is 276 g/mol. The second-order valence-electron chi connectivity index (χ2n) is 8.07. The number of rotatable bonds is 6. The summed E-state index contributed by atoms with van der Waals surface area (Å²) in [5.41, 5.74) is 5.34. The Kier molecular flexibility index (Phi) is 5.82. The van der Waals surface area contributed by atoms with E-state index in [1.165, 1.54) is 5.92 Å². The molecule has 0 aromatic carbocycles. The molecule has 0 heterocycles. The van der Waals surface area contributed by atoms with Crippen LogP contribution < -0.4 is 11.1 Å². The fraction of sp³-hybridized carbons (Fsp3) is 0.833. The Labute approximate surface area is 135 Å². The average molecular weight is 309 g/mol. The summed E-state index contributed by atoms with van der Waals surface area (Å²) in [6, 6.07) is -1.05. The van der Waals surface area contributed by atoms with Gasteiger partial charge in [0, 0.05) is 5.41 Å². The smallest absolute Gasteiger partial charge is 0.237 e. The number of carbonyl (C=O) groups is 2. The molecule has 3 N–H and O–H groups in total. The standard InChI is InChI=1S/C18H33N2O2/c1-11(2)10-14(19)16(22)20-13(4)15(21)18(7)9-8-12(3)17(18,5)6/h11,13-14H,8-10,19H2,1-7H3,(H,20,22)/t13-,14+,18?/m1/s1. The zero-order valence-electron chi connectivity index (χ0n) is 15.2. The van der Waals surface area contributed by atoms with E-state index in [1.54, 1.807) is 6.92 Å². The highest BCUT2D eigenvalue weighted by Gasteiger charge is 2.55. The van der Waals surface area contributed by atoms with Crippen LogP contribution in [-0.2, 0) is 9.59 Å². The van der Waals surface area contributed by atoms with E-state index in [1.807, 2.05) is 20.8 Å². The van der Waals surface area contributed by atoms with Crippen molar-refractivity contribution in [2.24, 2.45) is 22.5 Å². The van der Waals surface area contributed by atoms with Crippen LogP contribution in [0.4, 0.5) is 0 Å². The highest BCUT2D eigenvalue weighted by atomic mass is 16.2. The second-order valence-corrected chi connectivity index (χ2v) is 8.07. The Morgan fingerprint density at radius 1 is 1.23 bits per heavy atom. The number of hydrogen-bond donors (Lipinski definition) is 2. The molecule has 1 aliphatic carbocycles. The summed E-state index contributed by atoms with van der Waals surface area (Å²) in [4.78, 5) is 25.1. The Morgan fingerprint density at radius 2 is 1.77 bits per heavy atom. The van der Waals surface area contributed by atoms with E-state index in [0.29, 0.717) is 12.3 Å². The van der Waals surface area contributed by atoms with Crippen LogP contribution >= 0.6 is 0 Å². The van der Waals surface area contributed by atoms with Gasteiger partial charge < -0.3 is 11.1 Å². The van der Waals surface area contributed by atoms with Gasteiger partial charge in [-0.3, -0.25) is 9.59 Å². The summed E-state index contributed by atoms with van der Waals surface area (Å²) >= 11 is 0. The van der Waals surface area contributed by atoms with Gasteiger partial charge in [-0.2, -0.15) is 0 Å². The molecule has 1 unspecified atom stereocenters. The van der Waals surface area contributed by atoms with Crippen molar-refractivity contribution >= 4 is 11.7 Å². The molecule has 1 amide bonds. The molecule has 1 rings (SSSR count). The lowest BCUT2D eigenvalue weighted by Gasteiger charge is -2.41. The number of ketones is 1. The molecule has 0 bridgehead atoms. The van der Waals surface area contributed by atoms with Crippen LogP contribution in [0.2, 0.25) is 0 Å². The molecule has 1 aliphatic rings. The van der Waals surface area contributed by atoms with Crippen LogP contribution in [0.3, 0.4) is 0 Å². The first-order valence-corrected chi connectivity index (χ1v) is 8.36. The topological polar surface area (TPSA) is 72.2 Å². The Morgan fingerprint density at radius 3 is 2.18 bits per heavy atom. The minimum atomic E-state index is -0.548. The van der Waals surface area contributed by atoms with Crippen LogP contribution in [-0.4, -0.2) is 23.8 Å². The summed E-state index contributed by atoms with van der Waals surface area (Å²) in [5, 5.41) is 2.82. The number of nitrogens with one attached hydrogen (secondary N) is 1. The molecule has 0 aromatic heterocycles. The van der Waals surface area contributed by atoms with Gasteiger partial charge in [-0.25, -0.2) is 0 Å². The maximum Gasteiger partial charge on any atom is 0.237 e. The fourth-order valence-corrected chi connectivity index (χ4v) is 3.44. The monoisotopic (exact) mass is 309 g/mol. The van der Waals surface area contributed by atoms with Gasteiger partial charge in [-0.1, -0.05) is 41.5 Å². The molecule has 1 fully saturated rings. The van der Waals surface area contributed by atoms with E-state index in [4.69, 9.17) is 5.73 Å². The van der Waals surface area contributed by atoms with Crippen molar-refractivity contribution in [3.8, 4) is 0 Å². The van der Waals surface area contributed by atoms with Gasteiger partial charge in [0.05, 0.1) is 12.1 Å². The summed E-state index contributed by atoms with van der Waals surface area (Å²) in [6.45, 7) is 14.3. The highest BCUT2D eigenvalue weighted by molar-refractivity contribution is 5.94. The molecule has 4 nitrogen and oxygen atoms in total. The minimum absolute atomic E-state index is 0.111. The molecule has 1 radical (unpaired) electrons. The van der Waals surface area contributed by atoms with E-state index in [9.17, 15) is 9.59 Å². The van der Waals surface area contributed by atoms with Gasteiger partial charge in [0.15, 0.2) is 5.78 Å². The van der Waals surface area contributed by atoms with Gasteiger partial charge in [0.25, 0.3) is 0 Å². The zero-order valence-corrected chi connectivity index (χ0v) is 15.2. The predicted molar refractivity (Wildman–Crippen MR) is 90.1 cm³/mol. The van der Waals surface area contributed by atoms with Gasteiger partial charge in [-0.05, 0) is 43.4 Å². The maximum absolute atomic E-state index is 12.9. The molecule has 3 atom stereocenters. The van der Waals surface area contributed by atoms with E-state index in [2.05, 4.69) is 26.1 Å². The van der Waals surface area contributed by atoms with E-state index in [0.717, 1.165) is 12.8 Å². The first-order chi connectivity index (χ1) is 9.93. The van der Waals surface area contributed by atoms with Gasteiger partial charge >= 0.3 is 0 Å². The minimum Gasteiger partial charge on any atom is -0.345 e. The Balaban J connectivity index is 2.76. The summed E-state index contributed by atoms with van der Waals surface area (Å²) in [6.07, 6.45) is 2.45. The normalized spacial score (nSPS) is 27.7. The maximum atomic E-state index is 12.9. The van der Waals surface area contributed by atoms with E-state index < -0.39 is 17.5 Å². The number of amides is 1. The zero-order chi connectivity index (χ0) is 17.3. The van der Waals surface area contributed by atoms with E-state index in [-0.39, 0.29) is 17.1 Å². The van der Waals surface area contributed by atoms with Crippen LogP contribution in [0.1, 0.15) is 67.7 Å². The number of hydrogen-bond acceptors (Lipinski definition) is 3. The molecule has 127 valence electrons. The third-order valence-electron chi connectivity index (χ3n) is 5.80. The lowest BCUT2D eigenvalue weighted by Crippen LogP contribution is -2.53. The summed E-state index contributed by atoms with van der Waals surface area (Å²) in [5.74, 6) is 1.60. The van der Waals surface area contributed by atoms with Crippen molar-refractivity contribution in [2.75, 3.05) is 0 Å². The molecule has 22 heavy (non-hydrogen) atoms. The number of carbonyl (C=O) groups excluding carboxylic acids is 2. The summed E-state index contributed by atoms with van der Waals surface area (Å²) < 4.78 is 0. The second kappa shape index (κ2) is 6.69. The summed E-state index contributed by atoms with van der Waals surface area (Å²) in [7, 11) is 0. The first kappa shape index (κ1) is 19.1. The van der Waals surface area contributed by atoms with Crippen LogP contribution in [0.5, 0.6) is 0 Å². The van der Waals surface area contributed by atoms with Crippen LogP contribution in [0, 0.1) is 22.7 Å². The number of Topliss-reactive ketones (excluding diaryl/α,β-unsaturated/α-hetero) is 1. The molecule has 0 aromatic rings. The average Bonchev–Trinajstić information content (AvgIpc) is 2.61. The van der Waals surface area contributed by atoms with Crippen molar-refractivity contribution in [3.63, 3.8) is 0 Å². The lowest BCUT2D eigenvalue weighted by atomic mass is 9.63. The van der Waals surface area contributed by atoms with Crippen molar-refractivity contribution in [1.29, 1.82) is 0 Å². The van der Waals surface area contributed by atoms with Gasteiger partial charge in [0.1, 0.15) is 0 Å². The third kappa shape index (κ3) is 3.53. The third-order valence-corrected chi connectivity index (χ3v) is 5.80. The molecule has 4 heteroatoms. The Hall–Kier alpha value is -0.900. The van der Waals surface area contributed by atoms with Gasteiger partial charge in [0.2, 0.25) is 5.91 Å². The van der Waals surface area contributed by atoms with Crippen LogP contribution in [0.15, 0.2) is 0 Å². The highest BCUT2D eigenvalue weighted by Crippen LogP contribution is 2.57. The fourth-order valence-electron chi connectivity index (χ4n) is 3.44. The number of nitrogens with two attached hydrogens (primary N) is 1. The van der Waals surface area contributed by atoms with E-state index >= 15 is 0 Å². The van der Waals surface area contributed by atoms with Crippen molar-refractivity contribution in [2.45, 2.75) is 79.8 Å². The molecule has 1 saturated carbocycles. The molecular formula is C18H33N2O2. The van der Waals surface area contributed by atoms with Crippen molar-refractivity contribution < 1.29 is 9.59 Å². The predicted octanol–water partition coefficient (Wildman–Crippen LogP) is 2.85. The Bertz CT molecular complexity index is 431. The quantitative estimate of drug-likeness (QED) is 0.792.